The molecule has 0 radical (unpaired) electrons. The fraction of sp³-hybridized carbons (Fsp3) is 0.500. The number of amides is 1. The lowest BCUT2D eigenvalue weighted by molar-refractivity contribution is 0.110. The number of carbonyl (C=O) groups is 1. The van der Waals surface area contributed by atoms with E-state index in [1.807, 2.05) is 30.3 Å². The van der Waals surface area contributed by atoms with E-state index >= 15 is 0 Å². The smallest absolute Gasteiger partial charge is 0.407 e. The summed E-state index contributed by atoms with van der Waals surface area (Å²) in [4.78, 5) is 11.5. The van der Waals surface area contributed by atoms with E-state index in [4.69, 9.17) is 9.47 Å². The van der Waals surface area contributed by atoms with Crippen LogP contribution in [0.3, 0.4) is 0 Å². The molecule has 18 heavy (non-hydrogen) atoms. The van der Waals surface area contributed by atoms with Crippen LogP contribution in [-0.4, -0.2) is 24.8 Å². The molecule has 2 fully saturated rings. The molecule has 0 unspecified atom stereocenters. The van der Waals surface area contributed by atoms with Gasteiger partial charge in [-0.25, -0.2) is 4.79 Å². The van der Waals surface area contributed by atoms with Crippen LogP contribution in [-0.2, 0) is 16.1 Å². The lowest BCUT2D eigenvalue weighted by atomic mass is 9.75. The molecule has 1 aromatic rings. The molecule has 1 aliphatic carbocycles. The SMILES string of the molecule is O=C(NCC1CC2(CO2)C1)OCc1ccccc1. The molecule has 1 N–H and O–H groups in total. The number of carbonyl (C=O) groups excluding carboxylic acids is 1. The van der Waals surface area contributed by atoms with Gasteiger partial charge >= 0.3 is 6.09 Å². The van der Waals surface area contributed by atoms with Crippen LogP contribution in [0.2, 0.25) is 0 Å². The van der Waals surface area contributed by atoms with Crippen molar-refractivity contribution >= 4 is 6.09 Å². The largest absolute Gasteiger partial charge is 0.445 e. The van der Waals surface area contributed by atoms with E-state index in [9.17, 15) is 4.79 Å². The maximum Gasteiger partial charge on any atom is 0.407 e. The normalized spacial score (nSPS) is 28.6. The van der Waals surface area contributed by atoms with E-state index in [1.165, 1.54) is 0 Å². The topological polar surface area (TPSA) is 50.9 Å². The molecule has 1 aliphatic heterocycles. The van der Waals surface area contributed by atoms with Gasteiger partial charge < -0.3 is 14.8 Å². The summed E-state index contributed by atoms with van der Waals surface area (Å²) < 4.78 is 10.5. The third-order valence-corrected chi connectivity index (χ3v) is 3.62. The average molecular weight is 247 g/mol. The van der Waals surface area contributed by atoms with Crippen molar-refractivity contribution in [3.63, 3.8) is 0 Å². The first-order valence-corrected chi connectivity index (χ1v) is 6.34. The van der Waals surface area contributed by atoms with Gasteiger partial charge in [-0.1, -0.05) is 30.3 Å². The molecule has 0 bridgehead atoms. The number of alkyl carbamates (subject to hydrolysis) is 1. The summed E-state index contributed by atoms with van der Waals surface area (Å²) in [7, 11) is 0. The number of epoxide rings is 1. The van der Waals surface area contributed by atoms with Gasteiger partial charge in [0.2, 0.25) is 0 Å². The van der Waals surface area contributed by atoms with Gasteiger partial charge in [0.05, 0.1) is 12.2 Å². The zero-order valence-electron chi connectivity index (χ0n) is 10.2. The Kier molecular flexibility index (Phi) is 2.96. The summed E-state index contributed by atoms with van der Waals surface area (Å²) >= 11 is 0. The molecule has 1 saturated heterocycles. The van der Waals surface area contributed by atoms with Crippen molar-refractivity contribution in [2.75, 3.05) is 13.2 Å². The van der Waals surface area contributed by atoms with Crippen LogP contribution in [0.15, 0.2) is 30.3 Å². The molecule has 0 aromatic heterocycles. The lowest BCUT2D eigenvalue weighted by Gasteiger charge is -2.32. The molecule has 4 nitrogen and oxygen atoms in total. The van der Waals surface area contributed by atoms with Gasteiger partial charge in [-0.15, -0.1) is 0 Å². The van der Waals surface area contributed by atoms with E-state index in [0.717, 1.165) is 25.0 Å². The minimum Gasteiger partial charge on any atom is -0.445 e. The lowest BCUT2D eigenvalue weighted by Crippen LogP contribution is -2.40. The Morgan fingerprint density at radius 3 is 2.78 bits per heavy atom. The van der Waals surface area contributed by atoms with Crippen LogP contribution in [0.25, 0.3) is 0 Å². The molecule has 1 amide bonds. The van der Waals surface area contributed by atoms with E-state index < -0.39 is 0 Å². The van der Waals surface area contributed by atoms with Crippen LogP contribution in [0.1, 0.15) is 18.4 Å². The Balaban J connectivity index is 1.32. The van der Waals surface area contributed by atoms with Gasteiger partial charge in [-0.2, -0.15) is 0 Å². The number of benzene rings is 1. The summed E-state index contributed by atoms with van der Waals surface area (Å²) in [6, 6.07) is 9.68. The molecule has 1 heterocycles. The zero-order valence-corrected chi connectivity index (χ0v) is 10.2. The van der Waals surface area contributed by atoms with Crippen molar-refractivity contribution in [3.8, 4) is 0 Å². The Morgan fingerprint density at radius 2 is 2.11 bits per heavy atom. The summed E-state index contributed by atoms with van der Waals surface area (Å²) in [5.41, 5.74) is 1.21. The molecular formula is C14H17NO3. The van der Waals surface area contributed by atoms with Gasteiger partial charge in [-0.3, -0.25) is 0 Å². The van der Waals surface area contributed by atoms with Gasteiger partial charge in [0.1, 0.15) is 6.61 Å². The second-order valence-corrected chi connectivity index (χ2v) is 5.19. The minimum atomic E-state index is -0.337. The molecule has 0 atom stereocenters. The van der Waals surface area contributed by atoms with Gasteiger partial charge in [0.25, 0.3) is 0 Å². The number of hydrogen-bond donors (Lipinski definition) is 1. The maximum atomic E-state index is 11.5. The van der Waals surface area contributed by atoms with Crippen molar-refractivity contribution in [2.45, 2.75) is 25.0 Å². The van der Waals surface area contributed by atoms with Gasteiger partial charge in [0.15, 0.2) is 0 Å². The fourth-order valence-corrected chi connectivity index (χ4v) is 2.48. The summed E-state index contributed by atoms with van der Waals surface area (Å²) in [5, 5.41) is 2.80. The molecule has 1 spiro atoms. The highest BCUT2D eigenvalue weighted by Crippen LogP contribution is 2.49. The summed E-state index contributed by atoms with van der Waals surface area (Å²) in [6.07, 6.45) is 1.81. The predicted octanol–water partition coefficient (Wildman–Crippen LogP) is 2.09. The Labute approximate surface area is 106 Å². The van der Waals surface area contributed by atoms with Crippen LogP contribution in [0, 0.1) is 5.92 Å². The number of nitrogens with one attached hydrogen (secondary N) is 1. The van der Waals surface area contributed by atoms with Crippen LogP contribution < -0.4 is 5.32 Å². The first-order valence-electron chi connectivity index (χ1n) is 6.34. The van der Waals surface area contributed by atoms with Crippen LogP contribution in [0.4, 0.5) is 4.79 Å². The van der Waals surface area contributed by atoms with E-state index in [1.54, 1.807) is 0 Å². The number of hydrogen-bond acceptors (Lipinski definition) is 3. The fourth-order valence-electron chi connectivity index (χ4n) is 2.48. The first kappa shape index (κ1) is 11.5. The Morgan fingerprint density at radius 1 is 1.39 bits per heavy atom. The third-order valence-electron chi connectivity index (χ3n) is 3.62. The Bertz CT molecular complexity index is 420. The van der Waals surface area contributed by atoms with E-state index in [0.29, 0.717) is 19.1 Å². The first-order chi connectivity index (χ1) is 8.76. The molecule has 96 valence electrons. The van der Waals surface area contributed by atoms with Crippen molar-refractivity contribution in [1.82, 2.24) is 5.32 Å². The number of rotatable bonds is 4. The van der Waals surface area contributed by atoms with Gasteiger partial charge in [-0.05, 0) is 24.3 Å². The summed E-state index contributed by atoms with van der Waals surface area (Å²) in [5.74, 6) is 0.553. The predicted molar refractivity (Wildman–Crippen MR) is 66.0 cm³/mol. The van der Waals surface area contributed by atoms with Crippen molar-refractivity contribution in [2.24, 2.45) is 5.92 Å². The minimum absolute atomic E-state index is 0.209. The molecule has 1 saturated carbocycles. The third kappa shape index (κ3) is 2.64. The second kappa shape index (κ2) is 4.61. The average Bonchev–Trinajstić information content (AvgIpc) is 3.14. The van der Waals surface area contributed by atoms with E-state index in [2.05, 4.69) is 5.32 Å². The summed E-state index contributed by atoms with van der Waals surface area (Å²) in [6.45, 7) is 1.92. The number of ether oxygens (including phenoxy) is 2. The molecule has 4 heteroatoms. The van der Waals surface area contributed by atoms with Crippen molar-refractivity contribution in [3.05, 3.63) is 35.9 Å². The van der Waals surface area contributed by atoms with E-state index in [-0.39, 0.29) is 11.7 Å². The quantitative estimate of drug-likeness (QED) is 0.829. The highest BCUT2D eigenvalue weighted by Gasteiger charge is 2.55. The molecule has 2 aliphatic rings. The molecule has 3 rings (SSSR count). The highest BCUT2D eigenvalue weighted by atomic mass is 16.6. The molecule has 1 aromatic carbocycles. The monoisotopic (exact) mass is 247 g/mol. The maximum absolute atomic E-state index is 11.5. The highest BCUT2D eigenvalue weighted by molar-refractivity contribution is 5.67. The van der Waals surface area contributed by atoms with Crippen LogP contribution in [0.5, 0.6) is 0 Å². The Hall–Kier alpha value is -1.55. The molecular weight excluding hydrogens is 230 g/mol. The van der Waals surface area contributed by atoms with Crippen molar-refractivity contribution < 1.29 is 14.3 Å². The second-order valence-electron chi connectivity index (χ2n) is 5.19. The van der Waals surface area contributed by atoms with Crippen LogP contribution >= 0.6 is 0 Å². The van der Waals surface area contributed by atoms with Gasteiger partial charge in [0, 0.05) is 6.54 Å². The van der Waals surface area contributed by atoms with Crippen molar-refractivity contribution in [1.29, 1.82) is 0 Å². The standard InChI is InChI=1S/C14H17NO3/c16-13(17-9-11-4-2-1-3-5-11)15-8-12-6-14(7-12)10-18-14/h1-5,12H,6-10H2,(H,15,16). The zero-order chi connectivity index (χ0) is 12.4.